The van der Waals surface area contributed by atoms with Crippen LogP contribution in [0, 0.1) is 0 Å². The lowest BCUT2D eigenvalue weighted by atomic mass is 9.82. The molecule has 3 aliphatic rings. The molecule has 2 atom stereocenters. The SMILES string of the molecule is CC(C)c1ccc2cc3c(cc2c1)C1=CC(N(c2ccc(C(C)(C)C)cc2)c2ccc(C(C)(C)C)cc2)=CC2c4cc5cc(C(C)C)ccc5cc4N3C12. The van der Waals surface area contributed by atoms with Gasteiger partial charge in [-0.05, 0) is 132 Å². The van der Waals surface area contributed by atoms with Gasteiger partial charge >= 0.3 is 0 Å². The molecule has 0 radical (unpaired) electrons. The van der Waals surface area contributed by atoms with E-state index >= 15 is 0 Å². The predicted octanol–water partition coefficient (Wildman–Crippen LogP) is 14.6. The van der Waals surface area contributed by atoms with E-state index in [4.69, 9.17) is 0 Å². The molecule has 2 aliphatic heterocycles. The lowest BCUT2D eigenvalue weighted by Gasteiger charge is -2.33. The van der Waals surface area contributed by atoms with Gasteiger partial charge in [0.05, 0.1) is 11.7 Å². The maximum absolute atomic E-state index is 2.67. The van der Waals surface area contributed by atoms with Gasteiger partial charge in [0.25, 0.3) is 0 Å². The summed E-state index contributed by atoms with van der Waals surface area (Å²) >= 11 is 0. The van der Waals surface area contributed by atoms with Gasteiger partial charge in [-0.25, -0.2) is 0 Å². The van der Waals surface area contributed by atoms with E-state index in [1.807, 2.05) is 0 Å². The Kier molecular flexibility index (Phi) is 7.85. The van der Waals surface area contributed by atoms with Gasteiger partial charge in [-0.3, -0.25) is 0 Å². The first-order valence-electron chi connectivity index (χ1n) is 20.1. The molecule has 6 aromatic rings. The fourth-order valence-corrected chi connectivity index (χ4v) is 9.05. The molecule has 2 heteroatoms. The lowest BCUT2D eigenvalue weighted by molar-refractivity contribution is 0.590. The minimum absolute atomic E-state index is 0.0814. The summed E-state index contributed by atoms with van der Waals surface area (Å²) in [5, 5.41) is 5.26. The average molecular weight is 707 g/mol. The Bertz CT molecular complexity index is 2460. The molecule has 0 N–H and O–H groups in total. The summed E-state index contributed by atoms with van der Waals surface area (Å²) in [4.78, 5) is 5.17. The van der Waals surface area contributed by atoms with Gasteiger partial charge in [-0.15, -0.1) is 0 Å². The van der Waals surface area contributed by atoms with Gasteiger partial charge in [0.15, 0.2) is 0 Å². The quantitative estimate of drug-likeness (QED) is 0.176. The van der Waals surface area contributed by atoms with Gasteiger partial charge in [0.1, 0.15) is 0 Å². The second-order valence-electron chi connectivity index (χ2n) is 18.8. The van der Waals surface area contributed by atoms with Gasteiger partial charge in [-0.2, -0.15) is 0 Å². The molecule has 6 aromatic carbocycles. The molecule has 0 saturated carbocycles. The van der Waals surface area contributed by atoms with E-state index in [9.17, 15) is 0 Å². The Hall–Kier alpha value is -5.08. The summed E-state index contributed by atoms with van der Waals surface area (Å²) < 4.78 is 0. The fraction of sp³-hybridized carbons (Fsp3) is 0.308. The number of hydrogen-bond donors (Lipinski definition) is 0. The number of anilines is 4. The van der Waals surface area contributed by atoms with Crippen LogP contribution in [0.4, 0.5) is 22.7 Å². The normalized spacial score (nSPS) is 17.6. The number of nitrogens with zero attached hydrogens (tertiary/aromatic N) is 2. The van der Waals surface area contributed by atoms with E-state index in [1.54, 1.807) is 0 Å². The molecule has 0 fully saturated rings. The standard InChI is InChI=1S/C52H54N2/c1-31(2)33-11-13-35-27-48-44(25-37(35)23-33)46-29-43(30-47-45-26-38-24-34(32(3)4)12-14-36(38)28-49(45)54(48)50(46)47)53(41-19-15-39(16-20-41)51(5,6)7)42-21-17-40(18-22-42)52(8,9)10/h11-32,46,50H,1-10H3. The third-order valence-electron chi connectivity index (χ3n) is 12.3. The molecule has 54 heavy (non-hydrogen) atoms. The van der Waals surface area contributed by atoms with Gasteiger partial charge < -0.3 is 9.80 Å². The zero-order chi connectivity index (χ0) is 37.8. The predicted molar refractivity (Wildman–Crippen MR) is 233 cm³/mol. The molecular weight excluding hydrogens is 653 g/mol. The van der Waals surface area contributed by atoms with E-state index < -0.39 is 0 Å². The highest BCUT2D eigenvalue weighted by Crippen LogP contribution is 2.60. The highest BCUT2D eigenvalue weighted by molar-refractivity contribution is 6.05. The summed E-state index contributed by atoms with van der Waals surface area (Å²) in [6.07, 6.45) is 5.08. The molecule has 0 bridgehead atoms. The Morgan fingerprint density at radius 3 is 1.54 bits per heavy atom. The van der Waals surface area contributed by atoms with Crippen LogP contribution in [0.25, 0.3) is 27.1 Å². The summed E-state index contributed by atoms with van der Waals surface area (Å²) in [6.45, 7) is 22.9. The minimum atomic E-state index is 0.0814. The van der Waals surface area contributed by atoms with Crippen LogP contribution in [0.15, 0.2) is 127 Å². The fourth-order valence-electron chi connectivity index (χ4n) is 9.05. The van der Waals surface area contributed by atoms with Crippen molar-refractivity contribution in [2.75, 3.05) is 9.80 Å². The van der Waals surface area contributed by atoms with Crippen molar-refractivity contribution in [3.63, 3.8) is 0 Å². The van der Waals surface area contributed by atoms with Crippen molar-refractivity contribution in [2.24, 2.45) is 0 Å². The average Bonchev–Trinajstić information content (AvgIpc) is 3.62. The third kappa shape index (κ3) is 5.60. The van der Waals surface area contributed by atoms with Gasteiger partial charge in [-0.1, -0.05) is 136 Å². The summed E-state index contributed by atoms with van der Waals surface area (Å²) in [5.74, 6) is 1.17. The Morgan fingerprint density at radius 1 is 0.537 bits per heavy atom. The first kappa shape index (κ1) is 34.7. The van der Waals surface area contributed by atoms with Crippen molar-refractivity contribution >= 4 is 49.9 Å². The largest absolute Gasteiger partial charge is 0.332 e. The molecular formula is C52H54N2. The first-order valence-corrected chi connectivity index (χ1v) is 20.1. The van der Waals surface area contributed by atoms with E-state index in [0.717, 1.165) is 0 Å². The number of rotatable bonds is 5. The van der Waals surface area contributed by atoms with Crippen LogP contribution >= 0.6 is 0 Å². The molecule has 1 aliphatic carbocycles. The highest BCUT2D eigenvalue weighted by atomic mass is 15.2. The maximum Gasteiger partial charge on any atom is 0.0704 e. The first-order chi connectivity index (χ1) is 25.7. The molecule has 0 spiro atoms. The molecule has 0 aromatic heterocycles. The van der Waals surface area contributed by atoms with Crippen LogP contribution < -0.4 is 9.80 Å². The Labute approximate surface area is 322 Å². The van der Waals surface area contributed by atoms with E-state index in [-0.39, 0.29) is 22.8 Å². The van der Waals surface area contributed by atoms with E-state index in [1.165, 1.54) is 88.9 Å². The van der Waals surface area contributed by atoms with Crippen LogP contribution in [0.1, 0.15) is 120 Å². The van der Waals surface area contributed by atoms with E-state index in [2.05, 4.69) is 200 Å². The van der Waals surface area contributed by atoms with Crippen molar-refractivity contribution < 1.29 is 0 Å². The van der Waals surface area contributed by atoms with Crippen LogP contribution in [0.2, 0.25) is 0 Å². The number of hydrogen-bond acceptors (Lipinski definition) is 2. The molecule has 0 saturated heterocycles. The second kappa shape index (κ2) is 12.2. The Morgan fingerprint density at radius 2 is 1.04 bits per heavy atom. The Balaban J connectivity index is 1.29. The van der Waals surface area contributed by atoms with Crippen molar-refractivity contribution in [3.05, 3.63) is 160 Å². The molecule has 9 rings (SSSR count). The summed E-state index contributed by atoms with van der Waals surface area (Å²) in [6, 6.07) is 42.8. The van der Waals surface area contributed by atoms with Crippen LogP contribution in [0.5, 0.6) is 0 Å². The minimum Gasteiger partial charge on any atom is -0.332 e. The number of fused-ring (bicyclic) bond motifs is 8. The zero-order valence-corrected chi connectivity index (χ0v) is 33.8. The van der Waals surface area contributed by atoms with Crippen LogP contribution in [-0.2, 0) is 10.8 Å². The van der Waals surface area contributed by atoms with Gasteiger partial charge in [0, 0.05) is 34.2 Å². The van der Waals surface area contributed by atoms with E-state index in [0.29, 0.717) is 11.8 Å². The number of benzene rings is 6. The smallest absolute Gasteiger partial charge is 0.0704 e. The molecule has 272 valence electrons. The monoisotopic (exact) mass is 706 g/mol. The number of allylic oxidation sites excluding steroid dienone is 1. The van der Waals surface area contributed by atoms with Crippen LogP contribution in [-0.4, -0.2) is 6.04 Å². The topological polar surface area (TPSA) is 6.48 Å². The zero-order valence-electron chi connectivity index (χ0n) is 33.8. The summed E-state index contributed by atoms with van der Waals surface area (Å²) in [5.41, 5.74) is 16.1. The molecule has 0 amide bonds. The summed E-state index contributed by atoms with van der Waals surface area (Å²) in [7, 11) is 0. The molecule has 2 heterocycles. The van der Waals surface area contributed by atoms with Crippen molar-refractivity contribution in [2.45, 2.75) is 104 Å². The second-order valence-corrected chi connectivity index (χ2v) is 18.8. The van der Waals surface area contributed by atoms with Crippen molar-refractivity contribution in [1.82, 2.24) is 0 Å². The third-order valence-corrected chi connectivity index (χ3v) is 12.3. The van der Waals surface area contributed by atoms with Crippen molar-refractivity contribution in [3.8, 4) is 0 Å². The highest BCUT2D eigenvalue weighted by Gasteiger charge is 2.48. The molecule has 2 unspecified atom stereocenters. The molecule has 2 nitrogen and oxygen atoms in total. The van der Waals surface area contributed by atoms with Crippen molar-refractivity contribution in [1.29, 1.82) is 0 Å². The maximum atomic E-state index is 2.67. The lowest BCUT2D eigenvalue weighted by Crippen LogP contribution is -2.29. The van der Waals surface area contributed by atoms with Gasteiger partial charge in [0.2, 0.25) is 0 Å². The van der Waals surface area contributed by atoms with Crippen LogP contribution in [0.3, 0.4) is 0 Å².